The number of amides is 1. The van der Waals surface area contributed by atoms with Crippen molar-refractivity contribution in [1.29, 1.82) is 0 Å². The van der Waals surface area contributed by atoms with Gasteiger partial charge >= 0.3 is 0 Å². The molecule has 7 heteroatoms. The minimum Gasteiger partial charge on any atom is -0.495 e. The Morgan fingerprint density at radius 3 is 2.85 bits per heavy atom. The average molecular weight is 384 g/mol. The van der Waals surface area contributed by atoms with Crippen LogP contribution in [0, 0.1) is 6.92 Å². The van der Waals surface area contributed by atoms with Crippen molar-refractivity contribution in [1.82, 2.24) is 4.57 Å². The molecule has 4 rings (SSSR count). The number of ether oxygens (including phenoxy) is 3. The highest BCUT2D eigenvalue weighted by Crippen LogP contribution is 2.33. The third-order valence-corrected chi connectivity index (χ3v) is 5.75. The molecule has 1 aromatic heterocycles. The molecule has 0 fully saturated rings. The van der Waals surface area contributed by atoms with Crippen molar-refractivity contribution in [3.05, 3.63) is 46.3 Å². The highest BCUT2D eigenvalue weighted by Gasteiger charge is 2.16. The Balaban J connectivity index is 1.72. The van der Waals surface area contributed by atoms with E-state index in [4.69, 9.17) is 14.2 Å². The van der Waals surface area contributed by atoms with Gasteiger partial charge in [0.05, 0.1) is 18.2 Å². The molecular formula is C20H20N2O4S. The highest BCUT2D eigenvalue weighted by molar-refractivity contribution is 7.16. The molecule has 0 bridgehead atoms. The Morgan fingerprint density at radius 2 is 2.07 bits per heavy atom. The van der Waals surface area contributed by atoms with E-state index >= 15 is 0 Å². The average Bonchev–Trinajstić information content (AvgIpc) is 3.26. The van der Waals surface area contributed by atoms with E-state index in [0.29, 0.717) is 22.8 Å². The Bertz CT molecular complexity index is 1100. The zero-order valence-corrected chi connectivity index (χ0v) is 16.3. The second kappa shape index (κ2) is 7.08. The summed E-state index contributed by atoms with van der Waals surface area (Å²) in [5.74, 6) is 1.97. The number of aromatic nitrogens is 1. The summed E-state index contributed by atoms with van der Waals surface area (Å²) in [6.07, 6.45) is 0.213. The largest absolute Gasteiger partial charge is 0.495 e. The molecule has 6 nitrogen and oxygen atoms in total. The van der Waals surface area contributed by atoms with Crippen LogP contribution >= 0.6 is 11.3 Å². The first-order valence-corrected chi connectivity index (χ1v) is 9.55. The van der Waals surface area contributed by atoms with Gasteiger partial charge in [0, 0.05) is 6.54 Å². The zero-order valence-electron chi connectivity index (χ0n) is 15.4. The van der Waals surface area contributed by atoms with Crippen molar-refractivity contribution in [2.45, 2.75) is 26.8 Å². The van der Waals surface area contributed by atoms with Crippen molar-refractivity contribution in [3.63, 3.8) is 0 Å². The summed E-state index contributed by atoms with van der Waals surface area (Å²) < 4.78 is 19.3. The van der Waals surface area contributed by atoms with E-state index in [-0.39, 0.29) is 19.1 Å². The Hall–Kier alpha value is -2.80. The van der Waals surface area contributed by atoms with Gasteiger partial charge in [0.15, 0.2) is 16.3 Å². The van der Waals surface area contributed by atoms with E-state index in [1.54, 1.807) is 7.11 Å². The van der Waals surface area contributed by atoms with Gasteiger partial charge in [-0.3, -0.25) is 4.79 Å². The van der Waals surface area contributed by atoms with Crippen LogP contribution in [0.4, 0.5) is 0 Å². The molecule has 0 saturated heterocycles. The topological polar surface area (TPSA) is 62.1 Å². The predicted molar refractivity (Wildman–Crippen MR) is 104 cm³/mol. The van der Waals surface area contributed by atoms with E-state index in [1.807, 2.05) is 41.8 Å². The standard InChI is InChI=1S/C20H20N2O4S/c1-4-22-18-15(24-3)7-5-12(2)19(18)27-20(22)21-17(23)10-13-6-8-14-16(9-13)26-11-25-14/h5-9H,4,10-11H2,1-3H3. The molecule has 1 amide bonds. The molecule has 140 valence electrons. The Labute approximate surface area is 160 Å². The van der Waals surface area contributed by atoms with Crippen LogP contribution in [0.15, 0.2) is 35.3 Å². The number of aryl methyl sites for hydroxylation is 2. The second-order valence-corrected chi connectivity index (χ2v) is 7.24. The van der Waals surface area contributed by atoms with Crippen LogP contribution in [0.2, 0.25) is 0 Å². The molecule has 1 aliphatic rings. The number of hydrogen-bond acceptors (Lipinski definition) is 5. The number of hydrogen-bond donors (Lipinski definition) is 0. The fraction of sp³-hybridized carbons (Fsp3) is 0.300. The van der Waals surface area contributed by atoms with Gasteiger partial charge in [0.2, 0.25) is 6.79 Å². The summed E-state index contributed by atoms with van der Waals surface area (Å²) in [5, 5.41) is 0. The maximum absolute atomic E-state index is 12.6. The molecule has 2 aromatic carbocycles. The molecule has 0 aliphatic carbocycles. The highest BCUT2D eigenvalue weighted by atomic mass is 32.1. The normalized spacial score (nSPS) is 13.4. The molecule has 0 spiro atoms. The van der Waals surface area contributed by atoms with E-state index in [2.05, 4.69) is 11.9 Å². The van der Waals surface area contributed by atoms with Crippen molar-refractivity contribution in [2.75, 3.05) is 13.9 Å². The quantitative estimate of drug-likeness (QED) is 0.691. The van der Waals surface area contributed by atoms with Crippen molar-refractivity contribution < 1.29 is 19.0 Å². The lowest BCUT2D eigenvalue weighted by Crippen LogP contribution is -2.16. The smallest absolute Gasteiger partial charge is 0.252 e. The van der Waals surface area contributed by atoms with Crippen LogP contribution < -0.4 is 19.0 Å². The summed E-state index contributed by atoms with van der Waals surface area (Å²) in [4.78, 5) is 17.7. The summed E-state index contributed by atoms with van der Waals surface area (Å²) in [5.41, 5.74) is 2.98. The maximum Gasteiger partial charge on any atom is 0.252 e. The van der Waals surface area contributed by atoms with Gasteiger partial charge in [-0.25, -0.2) is 0 Å². The van der Waals surface area contributed by atoms with Gasteiger partial charge < -0.3 is 18.8 Å². The van der Waals surface area contributed by atoms with Gasteiger partial charge in [-0.05, 0) is 43.2 Å². The number of methoxy groups -OCH3 is 1. The van der Waals surface area contributed by atoms with Crippen LogP contribution in [0.3, 0.4) is 0 Å². The number of rotatable bonds is 4. The lowest BCUT2D eigenvalue weighted by Gasteiger charge is -2.07. The number of nitrogens with zero attached hydrogens (tertiary/aromatic N) is 2. The molecule has 0 N–H and O–H groups in total. The first kappa shape index (κ1) is 17.6. The first-order chi connectivity index (χ1) is 13.1. The minimum atomic E-state index is -0.195. The zero-order chi connectivity index (χ0) is 19.0. The third kappa shape index (κ3) is 3.19. The monoisotopic (exact) mass is 384 g/mol. The van der Waals surface area contributed by atoms with Crippen LogP contribution in [-0.4, -0.2) is 24.4 Å². The molecule has 0 unspecified atom stereocenters. The Morgan fingerprint density at radius 1 is 1.26 bits per heavy atom. The van der Waals surface area contributed by atoms with Crippen LogP contribution in [-0.2, 0) is 17.8 Å². The molecule has 27 heavy (non-hydrogen) atoms. The summed E-state index contributed by atoms with van der Waals surface area (Å²) in [6.45, 7) is 5.01. The fourth-order valence-corrected chi connectivity index (χ4v) is 4.39. The molecule has 2 heterocycles. The number of benzene rings is 2. The maximum atomic E-state index is 12.6. The lowest BCUT2D eigenvalue weighted by molar-refractivity contribution is -0.117. The molecule has 0 saturated carbocycles. The van der Waals surface area contributed by atoms with Crippen molar-refractivity contribution >= 4 is 27.5 Å². The van der Waals surface area contributed by atoms with Gasteiger partial charge in [-0.1, -0.05) is 23.5 Å². The van der Waals surface area contributed by atoms with Gasteiger partial charge in [-0.15, -0.1) is 0 Å². The van der Waals surface area contributed by atoms with E-state index in [0.717, 1.165) is 27.1 Å². The van der Waals surface area contributed by atoms with E-state index in [9.17, 15) is 4.79 Å². The van der Waals surface area contributed by atoms with Crippen molar-refractivity contribution in [3.8, 4) is 17.2 Å². The minimum absolute atomic E-state index is 0.195. The number of carbonyl (C=O) groups excluding carboxylic acids is 1. The number of thiazole rings is 1. The number of fused-ring (bicyclic) bond motifs is 2. The van der Waals surface area contributed by atoms with Crippen LogP contribution in [0.1, 0.15) is 18.1 Å². The van der Waals surface area contributed by atoms with Gasteiger partial charge in [-0.2, -0.15) is 4.99 Å². The molecule has 0 radical (unpaired) electrons. The van der Waals surface area contributed by atoms with Crippen LogP contribution in [0.5, 0.6) is 17.2 Å². The van der Waals surface area contributed by atoms with Gasteiger partial charge in [0.25, 0.3) is 5.91 Å². The SMILES string of the molecule is CCn1c(=NC(=O)Cc2ccc3c(c2)OCO3)sc2c(C)ccc(OC)c21. The first-order valence-electron chi connectivity index (χ1n) is 8.73. The number of carbonyl (C=O) groups is 1. The summed E-state index contributed by atoms with van der Waals surface area (Å²) >= 11 is 1.51. The third-order valence-electron chi connectivity index (χ3n) is 4.53. The second-order valence-electron chi connectivity index (χ2n) is 6.26. The van der Waals surface area contributed by atoms with E-state index in [1.165, 1.54) is 11.3 Å². The van der Waals surface area contributed by atoms with Crippen LogP contribution in [0.25, 0.3) is 10.2 Å². The van der Waals surface area contributed by atoms with Crippen molar-refractivity contribution in [2.24, 2.45) is 4.99 Å². The fourth-order valence-electron chi connectivity index (χ4n) is 3.19. The molecule has 3 aromatic rings. The predicted octanol–water partition coefficient (Wildman–Crippen LogP) is 3.44. The van der Waals surface area contributed by atoms with Gasteiger partial charge in [0.1, 0.15) is 11.3 Å². The van der Waals surface area contributed by atoms with E-state index < -0.39 is 0 Å². The Kier molecular flexibility index (Phi) is 4.61. The summed E-state index contributed by atoms with van der Waals surface area (Å²) in [6, 6.07) is 9.50. The molecular weight excluding hydrogens is 364 g/mol. The molecule has 1 aliphatic heterocycles. The summed E-state index contributed by atoms with van der Waals surface area (Å²) in [7, 11) is 1.66. The molecule has 0 atom stereocenters. The lowest BCUT2D eigenvalue weighted by atomic mass is 10.1.